The molecule has 0 aliphatic heterocycles. The van der Waals surface area contributed by atoms with Crippen LogP contribution in [0.3, 0.4) is 0 Å². The molecule has 0 aliphatic carbocycles. The highest BCUT2D eigenvalue weighted by molar-refractivity contribution is 7.99. The zero-order valence-corrected chi connectivity index (χ0v) is 9.86. The Morgan fingerprint density at radius 2 is 2.00 bits per heavy atom. The summed E-state index contributed by atoms with van der Waals surface area (Å²) in [6.07, 6.45) is 1.27. The van der Waals surface area contributed by atoms with Crippen LogP contribution >= 0.6 is 11.8 Å². The van der Waals surface area contributed by atoms with E-state index in [1.807, 2.05) is 11.8 Å². The van der Waals surface area contributed by atoms with Crippen LogP contribution in [-0.2, 0) is 0 Å². The Kier molecular flexibility index (Phi) is 5.53. The molecule has 0 aliphatic rings. The number of hydrogen-bond donors (Lipinski definition) is 1. The van der Waals surface area contributed by atoms with Crippen LogP contribution in [0.4, 0.5) is 5.69 Å². The summed E-state index contributed by atoms with van der Waals surface area (Å²) in [7, 11) is 0. The van der Waals surface area contributed by atoms with Gasteiger partial charge in [0.05, 0.1) is 0 Å². The number of para-hydroxylation sites is 1. The summed E-state index contributed by atoms with van der Waals surface area (Å²) in [6, 6.07) is 8.43. The monoisotopic (exact) mass is 209 g/mol. The van der Waals surface area contributed by atoms with Crippen molar-refractivity contribution in [2.24, 2.45) is 0 Å². The molecule has 0 saturated heterocycles. The summed E-state index contributed by atoms with van der Waals surface area (Å²) in [5, 5.41) is 3.45. The Labute approximate surface area is 91.3 Å². The number of anilines is 1. The van der Waals surface area contributed by atoms with E-state index in [9.17, 15) is 0 Å². The number of nitrogens with one attached hydrogen (secondary N) is 1. The van der Waals surface area contributed by atoms with E-state index in [2.05, 4.69) is 43.4 Å². The molecular weight excluding hydrogens is 190 g/mol. The lowest BCUT2D eigenvalue weighted by Crippen LogP contribution is -2.05. The third kappa shape index (κ3) is 4.05. The lowest BCUT2D eigenvalue weighted by atomic mass is 10.2. The van der Waals surface area contributed by atoms with Crippen LogP contribution in [-0.4, -0.2) is 18.1 Å². The van der Waals surface area contributed by atoms with Crippen molar-refractivity contribution in [2.45, 2.75) is 20.3 Å². The Bertz CT molecular complexity index is 260. The molecule has 1 nitrogen and oxygen atoms in total. The van der Waals surface area contributed by atoms with Gasteiger partial charge in [0, 0.05) is 18.0 Å². The molecule has 0 amide bonds. The first-order chi connectivity index (χ1) is 6.84. The molecule has 0 radical (unpaired) electrons. The number of thioether (sulfide) groups is 1. The largest absolute Gasteiger partial charge is 0.384 e. The minimum Gasteiger partial charge on any atom is -0.384 e. The van der Waals surface area contributed by atoms with Gasteiger partial charge >= 0.3 is 0 Å². The summed E-state index contributed by atoms with van der Waals surface area (Å²) in [4.78, 5) is 0. The molecule has 0 unspecified atom stereocenters. The molecular formula is C12H19NS. The van der Waals surface area contributed by atoms with E-state index in [0.29, 0.717) is 0 Å². The number of rotatable bonds is 6. The van der Waals surface area contributed by atoms with Crippen molar-refractivity contribution in [3.05, 3.63) is 29.8 Å². The second-order valence-electron chi connectivity index (χ2n) is 3.35. The normalized spacial score (nSPS) is 10.1. The van der Waals surface area contributed by atoms with Gasteiger partial charge in [-0.15, -0.1) is 0 Å². The second kappa shape index (κ2) is 6.77. The van der Waals surface area contributed by atoms with E-state index in [4.69, 9.17) is 0 Å². The molecule has 78 valence electrons. The Balaban J connectivity index is 2.21. The maximum Gasteiger partial charge on any atom is 0.0370 e. The van der Waals surface area contributed by atoms with Gasteiger partial charge in [0.2, 0.25) is 0 Å². The van der Waals surface area contributed by atoms with E-state index in [-0.39, 0.29) is 0 Å². The van der Waals surface area contributed by atoms with Crippen molar-refractivity contribution in [1.29, 1.82) is 0 Å². The molecule has 0 aromatic heterocycles. The van der Waals surface area contributed by atoms with E-state index in [1.54, 1.807) is 0 Å². The zero-order chi connectivity index (χ0) is 10.2. The van der Waals surface area contributed by atoms with Crippen LogP contribution in [0.25, 0.3) is 0 Å². The molecule has 0 atom stereocenters. The minimum absolute atomic E-state index is 1.06. The summed E-state index contributed by atoms with van der Waals surface area (Å²) >= 11 is 2.02. The third-order valence-electron chi connectivity index (χ3n) is 2.06. The Morgan fingerprint density at radius 1 is 1.21 bits per heavy atom. The van der Waals surface area contributed by atoms with Gasteiger partial charge in [-0.3, -0.25) is 0 Å². The Hall–Kier alpha value is -0.630. The highest BCUT2D eigenvalue weighted by atomic mass is 32.2. The van der Waals surface area contributed by atoms with E-state index in [0.717, 1.165) is 6.54 Å². The fourth-order valence-corrected chi connectivity index (χ4v) is 2.01. The fraction of sp³-hybridized carbons (Fsp3) is 0.500. The van der Waals surface area contributed by atoms with Gasteiger partial charge < -0.3 is 5.32 Å². The van der Waals surface area contributed by atoms with E-state index < -0.39 is 0 Å². The van der Waals surface area contributed by atoms with Crippen molar-refractivity contribution < 1.29 is 0 Å². The maximum atomic E-state index is 3.45. The van der Waals surface area contributed by atoms with Crippen LogP contribution in [0.5, 0.6) is 0 Å². The second-order valence-corrected chi connectivity index (χ2v) is 4.58. The van der Waals surface area contributed by atoms with Crippen LogP contribution in [0.15, 0.2) is 24.3 Å². The molecule has 0 saturated carbocycles. The molecule has 0 heterocycles. The van der Waals surface area contributed by atoms with Gasteiger partial charge in [0.25, 0.3) is 0 Å². The maximum absolute atomic E-state index is 3.45. The predicted molar refractivity (Wildman–Crippen MR) is 67.3 cm³/mol. The summed E-state index contributed by atoms with van der Waals surface area (Å²) < 4.78 is 0. The standard InChI is InChI=1S/C12H19NS/c1-3-9-14-10-8-13-12-7-5-4-6-11(12)2/h4-7,13H,3,8-10H2,1-2H3. The minimum atomic E-state index is 1.06. The highest BCUT2D eigenvalue weighted by Gasteiger charge is 1.94. The molecule has 1 rings (SSSR count). The molecule has 0 bridgehead atoms. The number of aryl methyl sites for hydroxylation is 1. The van der Waals surface area contributed by atoms with E-state index >= 15 is 0 Å². The van der Waals surface area contributed by atoms with Gasteiger partial charge in [-0.25, -0.2) is 0 Å². The molecule has 1 N–H and O–H groups in total. The lowest BCUT2D eigenvalue weighted by molar-refractivity contribution is 1.10. The first kappa shape index (κ1) is 11.4. The average Bonchev–Trinajstić information content (AvgIpc) is 2.20. The van der Waals surface area contributed by atoms with Crippen LogP contribution < -0.4 is 5.32 Å². The van der Waals surface area contributed by atoms with E-state index in [1.165, 1.54) is 29.2 Å². The predicted octanol–water partition coefficient (Wildman–Crippen LogP) is 3.55. The van der Waals surface area contributed by atoms with Crippen LogP contribution in [0.2, 0.25) is 0 Å². The third-order valence-corrected chi connectivity index (χ3v) is 3.25. The van der Waals surface area contributed by atoms with Crippen molar-refractivity contribution in [2.75, 3.05) is 23.4 Å². The van der Waals surface area contributed by atoms with Crippen molar-refractivity contribution in [3.8, 4) is 0 Å². The lowest BCUT2D eigenvalue weighted by Gasteiger charge is -2.08. The average molecular weight is 209 g/mol. The molecule has 2 heteroatoms. The SMILES string of the molecule is CCCSCCNc1ccccc1C. The molecule has 14 heavy (non-hydrogen) atoms. The quantitative estimate of drug-likeness (QED) is 0.719. The molecule has 1 aromatic rings. The van der Waals surface area contributed by atoms with Crippen LogP contribution in [0, 0.1) is 6.92 Å². The fourth-order valence-electron chi connectivity index (χ4n) is 1.28. The summed E-state index contributed by atoms with van der Waals surface area (Å²) in [5.41, 5.74) is 2.59. The topological polar surface area (TPSA) is 12.0 Å². The van der Waals surface area contributed by atoms with Crippen molar-refractivity contribution in [1.82, 2.24) is 0 Å². The van der Waals surface area contributed by atoms with Gasteiger partial charge in [-0.05, 0) is 30.7 Å². The molecule has 0 fully saturated rings. The van der Waals surface area contributed by atoms with Crippen LogP contribution in [0.1, 0.15) is 18.9 Å². The summed E-state index contributed by atoms with van der Waals surface area (Å²) in [5.74, 6) is 2.47. The van der Waals surface area contributed by atoms with Gasteiger partial charge in [0.1, 0.15) is 0 Å². The van der Waals surface area contributed by atoms with Crippen molar-refractivity contribution >= 4 is 17.4 Å². The van der Waals surface area contributed by atoms with Gasteiger partial charge in [-0.1, -0.05) is 25.1 Å². The number of benzene rings is 1. The van der Waals surface area contributed by atoms with Gasteiger partial charge in [-0.2, -0.15) is 11.8 Å². The molecule has 0 spiro atoms. The Morgan fingerprint density at radius 3 is 2.71 bits per heavy atom. The first-order valence-corrected chi connectivity index (χ1v) is 6.37. The van der Waals surface area contributed by atoms with Crippen molar-refractivity contribution in [3.63, 3.8) is 0 Å². The summed E-state index contributed by atoms with van der Waals surface area (Å²) in [6.45, 7) is 5.43. The zero-order valence-electron chi connectivity index (χ0n) is 9.05. The van der Waals surface area contributed by atoms with Gasteiger partial charge in [0.15, 0.2) is 0 Å². The number of hydrogen-bond acceptors (Lipinski definition) is 2. The highest BCUT2D eigenvalue weighted by Crippen LogP contribution is 2.13. The first-order valence-electron chi connectivity index (χ1n) is 5.22. The molecule has 1 aromatic carbocycles. The smallest absolute Gasteiger partial charge is 0.0370 e.